The molecule has 0 aromatic carbocycles. The lowest BCUT2D eigenvalue weighted by Gasteiger charge is -2.40. The summed E-state index contributed by atoms with van der Waals surface area (Å²) in [6.07, 6.45) is 11.8. The number of allylic oxidation sites excluding steroid dienone is 5. The van der Waals surface area contributed by atoms with Crippen LogP contribution in [0.3, 0.4) is 0 Å². The maximum atomic E-state index is 3.95. The van der Waals surface area contributed by atoms with Crippen molar-refractivity contribution in [2.75, 3.05) is 14.1 Å². The molecular weight excluding hydrogens is 260 g/mol. The number of hydrogen-bond acceptors (Lipinski definition) is 2. The minimum absolute atomic E-state index is 0.189. The molecule has 2 aliphatic carbocycles. The summed E-state index contributed by atoms with van der Waals surface area (Å²) in [5.41, 5.74) is 2.33. The maximum absolute atomic E-state index is 3.95. The Hall–Kier alpha value is -0.803. The van der Waals surface area contributed by atoms with Gasteiger partial charge in [0.1, 0.15) is 8.24 Å². The number of hydrogen-bond donors (Lipinski definition) is 1. The van der Waals surface area contributed by atoms with E-state index in [1.165, 1.54) is 5.70 Å². The van der Waals surface area contributed by atoms with Crippen molar-refractivity contribution in [2.45, 2.75) is 44.9 Å². The van der Waals surface area contributed by atoms with Crippen LogP contribution in [0, 0.1) is 11.8 Å². The van der Waals surface area contributed by atoms with Crippen molar-refractivity contribution in [1.82, 2.24) is 9.88 Å². The van der Waals surface area contributed by atoms with Crippen molar-refractivity contribution >= 4 is 8.24 Å². The Morgan fingerprint density at radius 2 is 1.70 bits per heavy atom. The molecule has 3 unspecified atom stereocenters. The van der Waals surface area contributed by atoms with Crippen LogP contribution in [0.15, 0.2) is 36.1 Å². The third kappa shape index (κ3) is 3.09. The number of nitrogens with zero attached hydrogens (tertiary/aromatic N) is 1. The zero-order chi connectivity index (χ0) is 15.1. The third-order valence-electron chi connectivity index (χ3n) is 4.33. The van der Waals surface area contributed by atoms with E-state index in [2.05, 4.69) is 88.2 Å². The van der Waals surface area contributed by atoms with Gasteiger partial charge in [-0.25, -0.2) is 0 Å². The van der Waals surface area contributed by atoms with Crippen LogP contribution < -0.4 is 4.98 Å². The fourth-order valence-electron chi connectivity index (χ4n) is 3.86. The van der Waals surface area contributed by atoms with Crippen LogP contribution in [0.25, 0.3) is 0 Å². The van der Waals surface area contributed by atoms with Gasteiger partial charge in [0.05, 0.1) is 0 Å². The molecule has 2 rings (SSSR count). The van der Waals surface area contributed by atoms with E-state index in [0.29, 0.717) is 17.4 Å². The summed E-state index contributed by atoms with van der Waals surface area (Å²) in [7, 11) is 2.80. The average Bonchev–Trinajstić information content (AvgIpc) is 2.65. The highest BCUT2D eigenvalue weighted by Gasteiger charge is 2.45. The van der Waals surface area contributed by atoms with Crippen molar-refractivity contribution in [2.24, 2.45) is 11.8 Å². The molecule has 0 aliphatic heterocycles. The van der Waals surface area contributed by atoms with E-state index in [0.717, 1.165) is 0 Å². The molecule has 3 atom stereocenters. The summed E-state index contributed by atoms with van der Waals surface area (Å²) in [4.78, 5) is 6.24. The van der Waals surface area contributed by atoms with Crippen molar-refractivity contribution in [3.05, 3.63) is 36.1 Å². The van der Waals surface area contributed by atoms with E-state index < -0.39 is 8.24 Å². The van der Waals surface area contributed by atoms with Gasteiger partial charge in [0.25, 0.3) is 0 Å². The molecule has 0 saturated heterocycles. The second-order valence-electron chi connectivity index (χ2n) is 7.98. The summed E-state index contributed by atoms with van der Waals surface area (Å²) in [6.45, 7) is 11.8. The topological polar surface area (TPSA) is 15.3 Å². The van der Waals surface area contributed by atoms with Crippen molar-refractivity contribution in [3.63, 3.8) is 0 Å². The molecule has 2 nitrogen and oxygen atoms in total. The van der Waals surface area contributed by atoms with Gasteiger partial charge in [0.2, 0.25) is 0 Å². The highest BCUT2D eigenvalue weighted by Crippen LogP contribution is 2.48. The van der Waals surface area contributed by atoms with Crippen LogP contribution in [0.4, 0.5) is 0 Å². The van der Waals surface area contributed by atoms with E-state index in [-0.39, 0.29) is 5.54 Å². The SMILES string of the molecule is CN(C)C1=CC([Si](C)(C)NC(C)(C)C)C2C=CC=CC12. The van der Waals surface area contributed by atoms with E-state index in [4.69, 9.17) is 0 Å². The smallest absolute Gasteiger partial charge is 0.127 e. The normalized spacial score (nSPS) is 29.4. The van der Waals surface area contributed by atoms with Gasteiger partial charge in [-0.15, -0.1) is 0 Å². The minimum Gasteiger partial charge on any atom is -0.381 e. The molecule has 3 heteroatoms. The quantitative estimate of drug-likeness (QED) is 0.796. The molecule has 0 spiro atoms. The van der Waals surface area contributed by atoms with Gasteiger partial charge in [0, 0.05) is 31.2 Å². The molecule has 112 valence electrons. The molecular formula is C17H30N2Si. The molecule has 2 aliphatic rings. The maximum Gasteiger partial charge on any atom is 0.127 e. The first-order valence-electron chi connectivity index (χ1n) is 7.65. The average molecular weight is 291 g/mol. The van der Waals surface area contributed by atoms with Crippen molar-refractivity contribution in [3.8, 4) is 0 Å². The molecule has 0 amide bonds. The fourth-order valence-corrected chi connectivity index (χ4v) is 7.82. The Labute approximate surface area is 125 Å². The highest BCUT2D eigenvalue weighted by molar-refractivity contribution is 6.77. The van der Waals surface area contributed by atoms with Gasteiger partial charge in [-0.3, -0.25) is 0 Å². The first-order valence-corrected chi connectivity index (χ1v) is 10.7. The second-order valence-corrected chi connectivity index (χ2v) is 12.3. The van der Waals surface area contributed by atoms with Crippen molar-refractivity contribution < 1.29 is 0 Å². The number of fused-ring (bicyclic) bond motifs is 1. The Morgan fingerprint density at radius 3 is 2.25 bits per heavy atom. The molecule has 20 heavy (non-hydrogen) atoms. The monoisotopic (exact) mass is 290 g/mol. The third-order valence-corrected chi connectivity index (χ3v) is 7.94. The molecule has 0 heterocycles. The molecule has 1 N–H and O–H groups in total. The standard InChI is InChI=1S/C17H30N2Si/c1-17(2,3)18-20(6,7)16-12-15(19(4)5)13-10-8-9-11-14(13)16/h8-14,16,18H,1-7H3. The lowest BCUT2D eigenvalue weighted by molar-refractivity contribution is 0.425. The highest BCUT2D eigenvalue weighted by atomic mass is 28.3. The van der Waals surface area contributed by atoms with Crippen LogP contribution in [-0.4, -0.2) is 32.8 Å². The van der Waals surface area contributed by atoms with E-state index >= 15 is 0 Å². The second kappa shape index (κ2) is 5.19. The lowest BCUT2D eigenvalue weighted by atomic mass is 9.89. The van der Waals surface area contributed by atoms with Crippen LogP contribution in [0.5, 0.6) is 0 Å². The van der Waals surface area contributed by atoms with Gasteiger partial charge >= 0.3 is 0 Å². The molecule has 0 radical (unpaired) electrons. The Balaban J connectivity index is 2.31. The van der Waals surface area contributed by atoms with Crippen LogP contribution in [0.2, 0.25) is 18.6 Å². The van der Waals surface area contributed by atoms with E-state index in [9.17, 15) is 0 Å². The summed E-state index contributed by atoms with van der Waals surface area (Å²) < 4.78 is 0. The molecule has 0 aromatic rings. The Morgan fingerprint density at radius 1 is 1.10 bits per heavy atom. The fraction of sp³-hybridized carbons (Fsp3) is 0.647. The molecule has 0 aromatic heterocycles. The van der Waals surface area contributed by atoms with E-state index in [1.54, 1.807) is 0 Å². The van der Waals surface area contributed by atoms with Crippen LogP contribution in [-0.2, 0) is 0 Å². The van der Waals surface area contributed by atoms with Crippen molar-refractivity contribution in [1.29, 1.82) is 0 Å². The predicted octanol–water partition coefficient (Wildman–Crippen LogP) is 3.77. The molecule has 0 bridgehead atoms. The zero-order valence-corrected chi connectivity index (χ0v) is 15.1. The van der Waals surface area contributed by atoms with Gasteiger partial charge in [-0.1, -0.05) is 43.5 Å². The first kappa shape index (κ1) is 15.6. The first-order chi connectivity index (χ1) is 9.12. The Kier molecular flexibility index (Phi) is 4.04. The molecule has 0 fully saturated rings. The van der Waals surface area contributed by atoms with Gasteiger partial charge in [-0.2, -0.15) is 0 Å². The molecule has 0 saturated carbocycles. The van der Waals surface area contributed by atoms with Crippen LogP contribution >= 0.6 is 0 Å². The Bertz CT molecular complexity index is 452. The number of rotatable bonds is 3. The zero-order valence-electron chi connectivity index (χ0n) is 14.1. The van der Waals surface area contributed by atoms with E-state index in [1.807, 2.05) is 0 Å². The van der Waals surface area contributed by atoms with Crippen LogP contribution in [0.1, 0.15) is 20.8 Å². The van der Waals surface area contributed by atoms with Gasteiger partial charge in [-0.05, 0) is 32.2 Å². The largest absolute Gasteiger partial charge is 0.381 e. The lowest BCUT2D eigenvalue weighted by Crippen LogP contribution is -2.57. The van der Waals surface area contributed by atoms with Gasteiger partial charge < -0.3 is 9.88 Å². The predicted molar refractivity (Wildman–Crippen MR) is 91.2 cm³/mol. The summed E-state index contributed by atoms with van der Waals surface area (Å²) in [6, 6.07) is 0. The minimum atomic E-state index is -1.54. The number of nitrogens with one attached hydrogen (secondary N) is 1. The summed E-state index contributed by atoms with van der Waals surface area (Å²) >= 11 is 0. The summed E-state index contributed by atoms with van der Waals surface area (Å²) in [5.74, 6) is 1.20. The summed E-state index contributed by atoms with van der Waals surface area (Å²) in [5, 5.41) is 0. The van der Waals surface area contributed by atoms with Gasteiger partial charge in [0.15, 0.2) is 0 Å².